The monoisotopic (exact) mass is 706 g/mol. The molecule has 0 spiro atoms. The van der Waals surface area contributed by atoms with Crippen LogP contribution in [0.15, 0.2) is 11.6 Å². The second-order valence-electron chi connectivity index (χ2n) is 17.3. The quantitative estimate of drug-likeness (QED) is 0.0840. The first-order valence-electron chi connectivity index (χ1n) is 20.5. The summed E-state index contributed by atoms with van der Waals surface area (Å²) in [6, 6.07) is 0. The Morgan fingerprint density at radius 3 is 2.22 bits per heavy atom. The molecular formula is C42H75NO7. The first kappa shape index (κ1) is 41.6. The standard InChI is InChI=1S/C42H75NO7/c1-31(2)10-8-11-33(4)37-14-15-38-36-13-12-34-28-35(16-18-41(34,5)39(36)17-19-42(37,38)6)50-40(44)43-20-9-21-46-22-23-47-24-25-48-26-27-49-30-32(3)29-45-7/h12,31-33,35-39H,8-11,13-30H2,1-7H3,(H,43,44). The van der Waals surface area contributed by atoms with Gasteiger partial charge in [-0.2, -0.15) is 0 Å². The van der Waals surface area contributed by atoms with Crippen LogP contribution in [0.4, 0.5) is 4.79 Å². The average molecular weight is 706 g/mol. The Morgan fingerprint density at radius 2 is 1.52 bits per heavy atom. The number of hydrogen-bond donors (Lipinski definition) is 1. The fourth-order valence-electron chi connectivity index (χ4n) is 10.6. The number of allylic oxidation sites excluding steroid dienone is 1. The Labute approximate surface area is 305 Å². The molecule has 0 radical (unpaired) electrons. The Bertz CT molecular complexity index is 1020. The van der Waals surface area contributed by atoms with E-state index in [9.17, 15) is 4.79 Å². The summed E-state index contributed by atoms with van der Waals surface area (Å²) in [5.41, 5.74) is 2.36. The SMILES string of the molecule is COCC(C)COCCOCCOCCOCCCNC(=O)OC1CCC2(C)C(=CCC3C2CCC2(C)C(C(C)CCCC(C)C)CCC32)C1. The van der Waals surface area contributed by atoms with Gasteiger partial charge in [0.1, 0.15) is 6.10 Å². The predicted octanol–water partition coefficient (Wildman–Crippen LogP) is 8.86. The average Bonchev–Trinajstić information content (AvgIpc) is 3.44. The van der Waals surface area contributed by atoms with Gasteiger partial charge in [-0.25, -0.2) is 4.79 Å². The smallest absolute Gasteiger partial charge is 0.407 e. The number of nitrogens with one attached hydrogen (secondary N) is 1. The van der Waals surface area contributed by atoms with E-state index in [2.05, 4.69) is 52.9 Å². The van der Waals surface area contributed by atoms with Crippen LogP contribution in [0.2, 0.25) is 0 Å². The minimum absolute atomic E-state index is 0.0169. The van der Waals surface area contributed by atoms with E-state index in [1.54, 1.807) is 12.7 Å². The maximum absolute atomic E-state index is 12.7. The lowest BCUT2D eigenvalue weighted by Crippen LogP contribution is -2.51. The fraction of sp³-hybridized carbons (Fsp3) is 0.929. The molecule has 8 nitrogen and oxygen atoms in total. The number of methoxy groups -OCH3 is 1. The topological polar surface area (TPSA) is 84.5 Å². The van der Waals surface area contributed by atoms with Gasteiger partial charge in [0, 0.05) is 32.6 Å². The van der Waals surface area contributed by atoms with Gasteiger partial charge in [0.25, 0.3) is 0 Å². The number of carbonyl (C=O) groups is 1. The van der Waals surface area contributed by atoms with Crippen molar-refractivity contribution in [2.45, 2.75) is 125 Å². The first-order chi connectivity index (χ1) is 24.1. The second-order valence-corrected chi connectivity index (χ2v) is 17.3. The Kier molecular flexibility index (Phi) is 17.4. The summed E-state index contributed by atoms with van der Waals surface area (Å²) in [6.45, 7) is 20.4. The van der Waals surface area contributed by atoms with Crippen LogP contribution in [0.3, 0.4) is 0 Å². The van der Waals surface area contributed by atoms with Crippen LogP contribution in [-0.4, -0.2) is 85.3 Å². The molecule has 290 valence electrons. The highest BCUT2D eigenvalue weighted by Crippen LogP contribution is 2.67. The summed E-state index contributed by atoms with van der Waals surface area (Å²) in [5, 5.41) is 2.94. The summed E-state index contributed by atoms with van der Waals surface area (Å²) >= 11 is 0. The van der Waals surface area contributed by atoms with Crippen LogP contribution in [0, 0.1) is 52.3 Å². The third kappa shape index (κ3) is 11.7. The van der Waals surface area contributed by atoms with Gasteiger partial charge in [-0.15, -0.1) is 0 Å². The summed E-state index contributed by atoms with van der Waals surface area (Å²) in [5.74, 6) is 5.45. The van der Waals surface area contributed by atoms with Gasteiger partial charge in [-0.1, -0.05) is 72.5 Å². The number of alkyl carbamates (subject to hydrolysis) is 1. The highest BCUT2D eigenvalue weighted by molar-refractivity contribution is 5.67. The molecule has 8 heteroatoms. The van der Waals surface area contributed by atoms with Crippen LogP contribution in [-0.2, 0) is 28.4 Å². The van der Waals surface area contributed by atoms with E-state index in [4.69, 9.17) is 28.4 Å². The van der Waals surface area contributed by atoms with E-state index in [1.807, 2.05) is 0 Å². The van der Waals surface area contributed by atoms with Gasteiger partial charge in [-0.3, -0.25) is 0 Å². The molecule has 0 aromatic carbocycles. The molecule has 4 aliphatic rings. The molecule has 0 bridgehead atoms. The molecule has 0 saturated heterocycles. The molecule has 50 heavy (non-hydrogen) atoms. The third-order valence-corrected chi connectivity index (χ3v) is 13.2. The lowest BCUT2D eigenvalue weighted by molar-refractivity contribution is -0.0581. The highest BCUT2D eigenvalue weighted by Gasteiger charge is 2.59. The first-order valence-corrected chi connectivity index (χ1v) is 20.5. The summed E-state index contributed by atoms with van der Waals surface area (Å²) in [4.78, 5) is 12.7. The van der Waals surface area contributed by atoms with Crippen molar-refractivity contribution in [1.29, 1.82) is 0 Å². The van der Waals surface area contributed by atoms with Crippen LogP contribution in [0.25, 0.3) is 0 Å². The van der Waals surface area contributed by atoms with Crippen LogP contribution < -0.4 is 5.32 Å². The van der Waals surface area contributed by atoms with Gasteiger partial charge in [0.15, 0.2) is 0 Å². The van der Waals surface area contributed by atoms with E-state index in [-0.39, 0.29) is 17.6 Å². The van der Waals surface area contributed by atoms with E-state index < -0.39 is 0 Å². The molecular weight excluding hydrogens is 630 g/mol. The predicted molar refractivity (Wildman–Crippen MR) is 200 cm³/mol. The second kappa shape index (κ2) is 20.9. The molecule has 1 N–H and O–H groups in total. The maximum atomic E-state index is 12.7. The molecule has 0 aliphatic heterocycles. The molecule has 4 rings (SSSR count). The Hall–Kier alpha value is -1.19. The number of rotatable bonds is 23. The Balaban J connectivity index is 1.06. The van der Waals surface area contributed by atoms with Crippen molar-refractivity contribution in [3.8, 4) is 0 Å². The number of amides is 1. The van der Waals surface area contributed by atoms with Crippen molar-refractivity contribution in [3.05, 3.63) is 11.6 Å². The number of carbonyl (C=O) groups excluding carboxylic acids is 1. The lowest BCUT2D eigenvalue weighted by atomic mass is 9.47. The van der Waals surface area contributed by atoms with Gasteiger partial charge in [0.05, 0.1) is 52.9 Å². The van der Waals surface area contributed by atoms with Crippen molar-refractivity contribution in [3.63, 3.8) is 0 Å². The molecule has 1 amide bonds. The molecule has 0 aromatic rings. The van der Waals surface area contributed by atoms with Crippen LogP contribution in [0.1, 0.15) is 119 Å². The Morgan fingerprint density at radius 1 is 0.820 bits per heavy atom. The highest BCUT2D eigenvalue weighted by atomic mass is 16.6. The molecule has 9 atom stereocenters. The fourth-order valence-corrected chi connectivity index (χ4v) is 10.6. The van der Waals surface area contributed by atoms with Crippen LogP contribution >= 0.6 is 0 Å². The van der Waals surface area contributed by atoms with Gasteiger partial charge in [0.2, 0.25) is 0 Å². The lowest BCUT2D eigenvalue weighted by Gasteiger charge is -2.58. The van der Waals surface area contributed by atoms with Crippen molar-refractivity contribution in [2.24, 2.45) is 52.3 Å². The van der Waals surface area contributed by atoms with Crippen molar-refractivity contribution >= 4 is 6.09 Å². The molecule has 3 saturated carbocycles. The zero-order valence-corrected chi connectivity index (χ0v) is 33.1. The summed E-state index contributed by atoms with van der Waals surface area (Å²) < 4.78 is 33.4. The minimum atomic E-state index is -0.293. The van der Waals surface area contributed by atoms with E-state index in [0.717, 1.165) is 61.2 Å². The van der Waals surface area contributed by atoms with Crippen LogP contribution in [0.5, 0.6) is 0 Å². The van der Waals surface area contributed by atoms with Crippen molar-refractivity contribution in [1.82, 2.24) is 5.32 Å². The van der Waals surface area contributed by atoms with E-state index >= 15 is 0 Å². The zero-order chi connectivity index (χ0) is 36.0. The molecule has 0 heterocycles. The van der Waals surface area contributed by atoms with E-state index in [0.29, 0.717) is 77.3 Å². The zero-order valence-electron chi connectivity index (χ0n) is 33.1. The van der Waals surface area contributed by atoms with Gasteiger partial charge >= 0.3 is 6.09 Å². The molecule has 0 aromatic heterocycles. The molecule has 9 unspecified atom stereocenters. The van der Waals surface area contributed by atoms with Gasteiger partial charge < -0.3 is 33.7 Å². The number of fused-ring (bicyclic) bond motifs is 5. The molecule has 3 fully saturated rings. The normalized spacial score (nSPS) is 31.8. The maximum Gasteiger partial charge on any atom is 0.407 e. The third-order valence-electron chi connectivity index (χ3n) is 13.2. The largest absolute Gasteiger partial charge is 0.446 e. The van der Waals surface area contributed by atoms with E-state index in [1.165, 1.54) is 51.4 Å². The van der Waals surface area contributed by atoms with Gasteiger partial charge in [-0.05, 0) is 97.7 Å². The molecule has 4 aliphatic carbocycles. The summed E-state index contributed by atoms with van der Waals surface area (Å²) in [7, 11) is 1.70. The number of hydrogen-bond acceptors (Lipinski definition) is 7. The number of ether oxygens (including phenoxy) is 6. The van der Waals surface area contributed by atoms with Crippen molar-refractivity contribution in [2.75, 3.05) is 73.1 Å². The summed E-state index contributed by atoms with van der Waals surface area (Å²) in [6.07, 6.45) is 17.1. The minimum Gasteiger partial charge on any atom is -0.446 e. The van der Waals surface area contributed by atoms with Crippen molar-refractivity contribution < 1.29 is 33.2 Å².